The third kappa shape index (κ3) is 2.77. The highest BCUT2D eigenvalue weighted by molar-refractivity contribution is 5.95. The molecule has 0 spiro atoms. The fraction of sp³-hybridized carbons (Fsp3) is 0.300. The van der Waals surface area contributed by atoms with Gasteiger partial charge in [0.1, 0.15) is 28.7 Å². The molecule has 134 valence electrons. The Morgan fingerprint density at radius 1 is 1.27 bits per heavy atom. The van der Waals surface area contributed by atoms with E-state index in [0.29, 0.717) is 30.8 Å². The second-order valence-corrected chi connectivity index (χ2v) is 6.47. The van der Waals surface area contributed by atoms with Crippen molar-refractivity contribution in [1.82, 2.24) is 10.1 Å². The number of aromatic nitrogens is 1. The van der Waals surface area contributed by atoms with E-state index in [1.165, 1.54) is 0 Å². The van der Waals surface area contributed by atoms with E-state index >= 15 is 0 Å². The fourth-order valence-electron chi connectivity index (χ4n) is 3.39. The molecule has 0 fully saturated rings. The summed E-state index contributed by atoms with van der Waals surface area (Å²) in [4.78, 5) is 14.7. The van der Waals surface area contributed by atoms with Gasteiger partial charge in [0.2, 0.25) is 0 Å². The number of amides is 1. The molecule has 1 aromatic carbocycles. The van der Waals surface area contributed by atoms with E-state index in [1.807, 2.05) is 43.0 Å². The van der Waals surface area contributed by atoms with Crippen LogP contribution in [0.5, 0.6) is 5.75 Å². The van der Waals surface area contributed by atoms with Crippen molar-refractivity contribution < 1.29 is 18.5 Å². The van der Waals surface area contributed by atoms with Gasteiger partial charge in [-0.2, -0.15) is 0 Å². The molecule has 6 nitrogen and oxygen atoms in total. The Hall–Kier alpha value is -3.02. The van der Waals surface area contributed by atoms with Gasteiger partial charge in [-0.05, 0) is 32.0 Å². The predicted octanol–water partition coefficient (Wildman–Crippen LogP) is 3.76. The van der Waals surface area contributed by atoms with Crippen molar-refractivity contribution in [1.29, 1.82) is 0 Å². The number of hydrogen-bond donors (Lipinski definition) is 0. The largest absolute Gasteiger partial charge is 0.497 e. The number of hydrogen-bond acceptors (Lipinski definition) is 5. The molecule has 0 aliphatic carbocycles. The highest BCUT2D eigenvalue weighted by Gasteiger charge is 2.29. The molecule has 0 radical (unpaired) electrons. The summed E-state index contributed by atoms with van der Waals surface area (Å²) in [6, 6.07) is 9.48. The summed E-state index contributed by atoms with van der Waals surface area (Å²) in [6.07, 6.45) is 0.647. The van der Waals surface area contributed by atoms with Gasteiger partial charge >= 0.3 is 0 Å². The maximum absolute atomic E-state index is 12.9. The van der Waals surface area contributed by atoms with Gasteiger partial charge in [-0.25, -0.2) is 0 Å². The van der Waals surface area contributed by atoms with Crippen LogP contribution in [-0.2, 0) is 13.0 Å². The van der Waals surface area contributed by atoms with Crippen LogP contribution >= 0.6 is 0 Å². The lowest BCUT2D eigenvalue weighted by atomic mass is 10.0. The highest BCUT2D eigenvalue weighted by atomic mass is 16.5. The van der Waals surface area contributed by atoms with Crippen LogP contribution in [0.25, 0.3) is 11.3 Å². The first kappa shape index (κ1) is 16.4. The number of furan rings is 1. The van der Waals surface area contributed by atoms with Crippen molar-refractivity contribution in [2.24, 2.45) is 0 Å². The van der Waals surface area contributed by atoms with Crippen LogP contribution in [0.2, 0.25) is 0 Å². The molecule has 26 heavy (non-hydrogen) atoms. The Labute approximate surface area is 151 Å². The lowest BCUT2D eigenvalue weighted by Gasteiger charge is -2.26. The van der Waals surface area contributed by atoms with Gasteiger partial charge in [-0.1, -0.05) is 17.3 Å². The molecule has 0 saturated heterocycles. The summed E-state index contributed by atoms with van der Waals surface area (Å²) in [6.45, 7) is 4.73. The van der Waals surface area contributed by atoms with E-state index in [2.05, 4.69) is 5.16 Å². The van der Waals surface area contributed by atoms with Gasteiger partial charge in [-0.15, -0.1) is 0 Å². The minimum Gasteiger partial charge on any atom is -0.497 e. The van der Waals surface area contributed by atoms with Crippen LogP contribution < -0.4 is 4.74 Å². The molecule has 0 saturated carbocycles. The predicted molar refractivity (Wildman–Crippen MR) is 95.1 cm³/mol. The van der Waals surface area contributed by atoms with Gasteiger partial charge < -0.3 is 18.6 Å². The summed E-state index contributed by atoms with van der Waals surface area (Å²) in [5.74, 6) is 2.96. The fourth-order valence-corrected chi connectivity index (χ4v) is 3.39. The van der Waals surface area contributed by atoms with Gasteiger partial charge in [0.25, 0.3) is 5.91 Å². The number of nitrogens with zero attached hydrogens (tertiary/aromatic N) is 2. The van der Waals surface area contributed by atoms with E-state index < -0.39 is 0 Å². The van der Waals surface area contributed by atoms with Crippen LogP contribution in [0.15, 0.2) is 39.3 Å². The lowest BCUT2D eigenvalue weighted by Crippen LogP contribution is -2.35. The summed E-state index contributed by atoms with van der Waals surface area (Å²) in [5, 5.41) is 4.24. The summed E-state index contributed by atoms with van der Waals surface area (Å²) < 4.78 is 16.3. The zero-order valence-electron chi connectivity index (χ0n) is 15.0. The first-order chi connectivity index (χ1) is 12.6. The molecule has 1 aliphatic rings. The third-order valence-corrected chi connectivity index (χ3v) is 4.73. The zero-order valence-corrected chi connectivity index (χ0v) is 15.0. The summed E-state index contributed by atoms with van der Waals surface area (Å²) in [7, 11) is 1.63. The Kier molecular flexibility index (Phi) is 4.03. The van der Waals surface area contributed by atoms with Crippen molar-refractivity contribution in [3.8, 4) is 17.0 Å². The molecular formula is C20H20N2O4. The Bertz CT molecular complexity index is 970. The number of carbonyl (C=O) groups is 1. The monoisotopic (exact) mass is 352 g/mol. The molecule has 0 N–H and O–H groups in total. The van der Waals surface area contributed by atoms with Crippen LogP contribution in [0.3, 0.4) is 0 Å². The second-order valence-electron chi connectivity index (χ2n) is 6.47. The van der Waals surface area contributed by atoms with E-state index in [1.54, 1.807) is 13.2 Å². The SMILES string of the molecule is COc1cccc(-c2noc3c2CN(C(=O)c2cc(C)oc2C)CC3)c1. The van der Waals surface area contributed by atoms with Crippen molar-refractivity contribution >= 4 is 5.91 Å². The number of fused-ring (bicyclic) bond motifs is 1. The molecular weight excluding hydrogens is 332 g/mol. The topological polar surface area (TPSA) is 68.7 Å². The number of methoxy groups -OCH3 is 1. The third-order valence-electron chi connectivity index (χ3n) is 4.73. The van der Waals surface area contributed by atoms with Crippen molar-refractivity contribution in [3.05, 3.63) is 58.7 Å². The normalized spacial score (nSPS) is 13.6. The van der Waals surface area contributed by atoms with Crippen molar-refractivity contribution in [2.45, 2.75) is 26.8 Å². The molecule has 0 atom stereocenters. The van der Waals surface area contributed by atoms with E-state index in [9.17, 15) is 4.79 Å². The smallest absolute Gasteiger partial charge is 0.257 e. The van der Waals surface area contributed by atoms with Crippen LogP contribution in [0.1, 0.15) is 33.2 Å². The quantitative estimate of drug-likeness (QED) is 0.718. The minimum atomic E-state index is -0.0252. The molecule has 4 rings (SSSR count). The van der Waals surface area contributed by atoms with Gasteiger partial charge in [-0.3, -0.25) is 4.79 Å². The van der Waals surface area contributed by atoms with Gasteiger partial charge in [0, 0.05) is 24.1 Å². The second kappa shape index (κ2) is 6.37. The highest BCUT2D eigenvalue weighted by Crippen LogP contribution is 2.32. The first-order valence-corrected chi connectivity index (χ1v) is 8.55. The first-order valence-electron chi connectivity index (χ1n) is 8.55. The number of benzene rings is 1. The number of carbonyl (C=O) groups excluding carboxylic acids is 1. The number of ether oxygens (including phenoxy) is 1. The maximum Gasteiger partial charge on any atom is 0.257 e. The zero-order chi connectivity index (χ0) is 18.3. The molecule has 0 bridgehead atoms. The molecule has 0 unspecified atom stereocenters. The minimum absolute atomic E-state index is 0.0252. The summed E-state index contributed by atoms with van der Waals surface area (Å²) in [5.41, 5.74) is 3.25. The molecule has 3 heterocycles. The number of aryl methyl sites for hydroxylation is 2. The maximum atomic E-state index is 12.9. The Balaban J connectivity index is 1.65. The molecule has 6 heteroatoms. The molecule has 2 aromatic heterocycles. The molecule has 3 aromatic rings. The Morgan fingerprint density at radius 2 is 2.12 bits per heavy atom. The molecule has 1 aliphatic heterocycles. The van der Waals surface area contributed by atoms with Gasteiger partial charge in [0.05, 0.1) is 19.2 Å². The van der Waals surface area contributed by atoms with Gasteiger partial charge in [0.15, 0.2) is 0 Å². The van der Waals surface area contributed by atoms with Crippen LogP contribution in [0.4, 0.5) is 0 Å². The van der Waals surface area contributed by atoms with Crippen molar-refractivity contribution in [2.75, 3.05) is 13.7 Å². The lowest BCUT2D eigenvalue weighted by molar-refractivity contribution is 0.0727. The van der Waals surface area contributed by atoms with Crippen molar-refractivity contribution in [3.63, 3.8) is 0 Å². The van der Waals surface area contributed by atoms with Crippen LogP contribution in [-0.4, -0.2) is 29.6 Å². The summed E-state index contributed by atoms with van der Waals surface area (Å²) >= 11 is 0. The van der Waals surface area contributed by atoms with E-state index in [-0.39, 0.29) is 5.91 Å². The average Bonchev–Trinajstić information content (AvgIpc) is 3.23. The van der Waals surface area contributed by atoms with Crippen LogP contribution in [0, 0.1) is 13.8 Å². The van der Waals surface area contributed by atoms with E-state index in [4.69, 9.17) is 13.7 Å². The number of rotatable bonds is 3. The van der Waals surface area contributed by atoms with E-state index in [0.717, 1.165) is 34.1 Å². The molecule has 1 amide bonds. The average molecular weight is 352 g/mol. The standard InChI is InChI=1S/C20H20N2O4/c1-12-9-16(13(2)25-12)20(23)22-8-7-18-17(11-22)19(21-26-18)14-5-4-6-15(10-14)24-3/h4-6,9-10H,7-8,11H2,1-3H3. The Morgan fingerprint density at radius 3 is 2.85 bits per heavy atom.